The van der Waals surface area contributed by atoms with E-state index >= 15 is 0 Å². The molecular weight excluding hydrogens is 277 g/mol. The fourth-order valence-corrected chi connectivity index (χ4v) is 2.11. The van der Waals surface area contributed by atoms with E-state index in [9.17, 15) is 15.0 Å². The van der Waals surface area contributed by atoms with E-state index in [1.165, 1.54) is 0 Å². The van der Waals surface area contributed by atoms with Crippen LogP contribution in [0.15, 0.2) is 60.7 Å². The SMILES string of the molecule is O=C([O-])CN[C@@H](c1ccccc1)[C@H](O)c1ccccc1.[Na+]. The number of nitrogens with one attached hydrogen (secondary N) is 1. The second-order valence-electron chi connectivity index (χ2n) is 4.50. The monoisotopic (exact) mass is 293 g/mol. The van der Waals surface area contributed by atoms with Crippen molar-refractivity contribution in [1.29, 1.82) is 0 Å². The summed E-state index contributed by atoms with van der Waals surface area (Å²) < 4.78 is 0. The molecule has 0 aromatic heterocycles. The first-order chi connectivity index (χ1) is 9.68. The van der Waals surface area contributed by atoms with Crippen molar-refractivity contribution < 1.29 is 44.6 Å². The van der Waals surface area contributed by atoms with Gasteiger partial charge in [0.15, 0.2) is 0 Å². The number of hydrogen-bond acceptors (Lipinski definition) is 4. The fraction of sp³-hybridized carbons (Fsp3) is 0.188. The van der Waals surface area contributed by atoms with E-state index in [4.69, 9.17) is 0 Å². The van der Waals surface area contributed by atoms with Gasteiger partial charge in [0.1, 0.15) is 0 Å². The van der Waals surface area contributed by atoms with Crippen LogP contribution in [-0.4, -0.2) is 17.6 Å². The molecule has 0 bridgehead atoms. The molecule has 104 valence electrons. The summed E-state index contributed by atoms with van der Waals surface area (Å²) in [6, 6.07) is 17.9. The molecular formula is C16H16NNaO3. The quantitative estimate of drug-likeness (QED) is 0.593. The molecule has 2 atom stereocenters. The number of carbonyl (C=O) groups excluding carboxylic acids is 1. The summed E-state index contributed by atoms with van der Waals surface area (Å²) in [7, 11) is 0. The van der Waals surface area contributed by atoms with Gasteiger partial charge in [-0.3, -0.25) is 0 Å². The van der Waals surface area contributed by atoms with E-state index in [1.54, 1.807) is 12.1 Å². The minimum Gasteiger partial charge on any atom is -0.549 e. The number of aliphatic carboxylic acids is 1. The maximum absolute atomic E-state index is 10.6. The average Bonchev–Trinajstić information content (AvgIpc) is 2.49. The number of carbonyl (C=O) groups is 1. The molecule has 2 aromatic carbocycles. The van der Waals surface area contributed by atoms with Crippen LogP contribution in [0.4, 0.5) is 0 Å². The van der Waals surface area contributed by atoms with Gasteiger partial charge in [0.05, 0.1) is 18.1 Å². The van der Waals surface area contributed by atoms with Crippen LogP contribution in [-0.2, 0) is 4.79 Å². The molecule has 0 fully saturated rings. The summed E-state index contributed by atoms with van der Waals surface area (Å²) in [5.74, 6) is -1.20. The molecule has 0 saturated carbocycles. The number of rotatable bonds is 6. The van der Waals surface area contributed by atoms with E-state index in [1.807, 2.05) is 48.5 Å². The summed E-state index contributed by atoms with van der Waals surface area (Å²) in [4.78, 5) is 10.6. The molecule has 0 spiro atoms. The topological polar surface area (TPSA) is 72.4 Å². The molecule has 4 nitrogen and oxygen atoms in total. The van der Waals surface area contributed by atoms with Gasteiger partial charge in [-0.15, -0.1) is 0 Å². The first-order valence-corrected chi connectivity index (χ1v) is 6.39. The predicted octanol–water partition coefficient (Wildman–Crippen LogP) is -2.20. The van der Waals surface area contributed by atoms with Crippen molar-refractivity contribution >= 4 is 5.97 Å². The predicted molar refractivity (Wildman–Crippen MR) is 73.6 cm³/mol. The maximum atomic E-state index is 10.6. The van der Waals surface area contributed by atoms with Crippen molar-refractivity contribution in [2.24, 2.45) is 0 Å². The Morgan fingerprint density at radius 3 is 1.95 bits per heavy atom. The number of carboxylic acid groups (broad SMARTS) is 1. The van der Waals surface area contributed by atoms with Gasteiger partial charge < -0.3 is 20.3 Å². The molecule has 0 saturated heterocycles. The Morgan fingerprint density at radius 2 is 1.48 bits per heavy atom. The van der Waals surface area contributed by atoms with Crippen molar-refractivity contribution in [3.8, 4) is 0 Å². The summed E-state index contributed by atoms with van der Waals surface area (Å²) in [5, 5.41) is 23.9. The Morgan fingerprint density at radius 1 is 1.00 bits per heavy atom. The number of hydrogen-bond donors (Lipinski definition) is 2. The Bertz CT molecular complexity index is 548. The van der Waals surface area contributed by atoms with Crippen LogP contribution >= 0.6 is 0 Å². The maximum Gasteiger partial charge on any atom is 1.00 e. The van der Waals surface area contributed by atoms with Gasteiger partial charge in [-0.1, -0.05) is 60.7 Å². The van der Waals surface area contributed by atoms with Crippen LogP contribution < -0.4 is 40.0 Å². The molecule has 2 N–H and O–H groups in total. The van der Waals surface area contributed by atoms with E-state index in [0.717, 1.165) is 11.1 Å². The normalized spacial score (nSPS) is 13.0. The Balaban J connectivity index is 0.00000220. The standard InChI is InChI=1S/C16H17NO3.Na/c18-14(19)11-17-15(12-7-3-1-4-8-12)16(20)13-9-5-2-6-10-13;/h1-10,15-17,20H,11H2,(H,18,19);/q;+1/p-1/t15-,16+;/m0./s1. The zero-order chi connectivity index (χ0) is 14.4. The van der Waals surface area contributed by atoms with Crippen molar-refractivity contribution in [1.82, 2.24) is 5.32 Å². The smallest absolute Gasteiger partial charge is 0.549 e. The zero-order valence-corrected chi connectivity index (χ0v) is 13.9. The third-order valence-electron chi connectivity index (χ3n) is 3.08. The van der Waals surface area contributed by atoms with Gasteiger partial charge in [0, 0.05) is 6.54 Å². The molecule has 0 aliphatic carbocycles. The molecule has 0 aliphatic heterocycles. The Hall–Kier alpha value is -1.17. The van der Waals surface area contributed by atoms with Crippen molar-refractivity contribution in [2.45, 2.75) is 12.1 Å². The minimum atomic E-state index is -1.20. The van der Waals surface area contributed by atoms with Crippen LogP contribution in [0, 0.1) is 0 Å². The first-order valence-electron chi connectivity index (χ1n) is 6.39. The van der Waals surface area contributed by atoms with Gasteiger partial charge in [0.2, 0.25) is 0 Å². The second kappa shape index (κ2) is 8.97. The third-order valence-corrected chi connectivity index (χ3v) is 3.08. The van der Waals surface area contributed by atoms with Gasteiger partial charge in [-0.25, -0.2) is 0 Å². The average molecular weight is 293 g/mol. The molecule has 5 heteroatoms. The number of benzene rings is 2. The van der Waals surface area contributed by atoms with Crippen LogP contribution in [0.3, 0.4) is 0 Å². The first kappa shape index (κ1) is 17.9. The second-order valence-corrected chi connectivity index (χ2v) is 4.50. The summed E-state index contributed by atoms with van der Waals surface area (Å²) in [6.07, 6.45) is -0.835. The zero-order valence-electron chi connectivity index (χ0n) is 11.9. The summed E-state index contributed by atoms with van der Waals surface area (Å²) in [5.41, 5.74) is 1.55. The van der Waals surface area contributed by atoms with Crippen molar-refractivity contribution in [3.05, 3.63) is 71.8 Å². The molecule has 2 aromatic rings. The third kappa shape index (κ3) is 5.26. The molecule has 21 heavy (non-hydrogen) atoms. The van der Waals surface area contributed by atoms with E-state index in [0.29, 0.717) is 0 Å². The Kier molecular flexibility index (Phi) is 7.64. The molecule has 0 aliphatic rings. The van der Waals surface area contributed by atoms with E-state index in [2.05, 4.69) is 5.32 Å². The van der Waals surface area contributed by atoms with Gasteiger partial charge in [-0.2, -0.15) is 0 Å². The van der Waals surface area contributed by atoms with E-state index < -0.39 is 18.1 Å². The number of aliphatic hydroxyl groups is 1. The molecule has 2 rings (SSSR count). The van der Waals surface area contributed by atoms with Gasteiger partial charge in [0.25, 0.3) is 0 Å². The van der Waals surface area contributed by atoms with E-state index in [-0.39, 0.29) is 36.1 Å². The molecule has 0 amide bonds. The number of aliphatic hydroxyl groups excluding tert-OH is 1. The largest absolute Gasteiger partial charge is 1.00 e. The van der Waals surface area contributed by atoms with Crippen molar-refractivity contribution in [2.75, 3.05) is 6.54 Å². The molecule has 0 radical (unpaired) electrons. The molecule has 0 heterocycles. The minimum absolute atomic E-state index is 0. The molecule has 0 unspecified atom stereocenters. The van der Waals surface area contributed by atoms with Crippen LogP contribution in [0.5, 0.6) is 0 Å². The Labute approximate surface area is 146 Å². The van der Waals surface area contributed by atoms with Crippen LogP contribution in [0.25, 0.3) is 0 Å². The van der Waals surface area contributed by atoms with Crippen molar-refractivity contribution in [3.63, 3.8) is 0 Å². The summed E-state index contributed by atoms with van der Waals surface area (Å²) >= 11 is 0. The number of carboxylic acids is 1. The van der Waals surface area contributed by atoms with Gasteiger partial charge in [-0.05, 0) is 11.1 Å². The van der Waals surface area contributed by atoms with Crippen LogP contribution in [0.1, 0.15) is 23.3 Å². The summed E-state index contributed by atoms with van der Waals surface area (Å²) in [6.45, 7) is -0.316. The fourth-order valence-electron chi connectivity index (χ4n) is 2.11. The van der Waals surface area contributed by atoms with Crippen LogP contribution in [0.2, 0.25) is 0 Å². The van der Waals surface area contributed by atoms with Gasteiger partial charge >= 0.3 is 29.6 Å².